The molecular formula is C16H15BrO2. The van der Waals surface area contributed by atoms with Crippen LogP contribution >= 0.6 is 15.9 Å². The number of hydrogen-bond donors (Lipinski definition) is 0. The second kappa shape index (κ2) is 5.25. The molecule has 1 aliphatic heterocycles. The third-order valence-electron chi connectivity index (χ3n) is 3.42. The molecule has 0 amide bonds. The minimum absolute atomic E-state index is 0.0222. The van der Waals surface area contributed by atoms with E-state index in [1.165, 1.54) is 5.56 Å². The van der Waals surface area contributed by atoms with Gasteiger partial charge < -0.3 is 9.47 Å². The molecule has 0 saturated carbocycles. The fourth-order valence-corrected chi connectivity index (χ4v) is 3.22. The van der Waals surface area contributed by atoms with Gasteiger partial charge in [-0.1, -0.05) is 52.3 Å². The SMILES string of the molecule is COc1ccccc1[C@@H]1Oc2ccccc2C[C@@H]1Br. The first-order valence-corrected chi connectivity index (χ1v) is 7.22. The van der Waals surface area contributed by atoms with Crippen molar-refractivity contribution in [3.63, 3.8) is 0 Å². The van der Waals surface area contributed by atoms with Gasteiger partial charge in [0.2, 0.25) is 0 Å². The Morgan fingerprint density at radius 1 is 1.11 bits per heavy atom. The molecular weight excluding hydrogens is 304 g/mol. The van der Waals surface area contributed by atoms with E-state index in [0.717, 1.165) is 23.5 Å². The van der Waals surface area contributed by atoms with E-state index in [0.29, 0.717) is 0 Å². The molecule has 0 aliphatic carbocycles. The zero-order valence-corrected chi connectivity index (χ0v) is 12.3. The average molecular weight is 319 g/mol. The number of benzene rings is 2. The summed E-state index contributed by atoms with van der Waals surface area (Å²) in [5, 5.41) is 0. The predicted molar refractivity (Wildman–Crippen MR) is 79.2 cm³/mol. The number of methoxy groups -OCH3 is 1. The maximum atomic E-state index is 6.15. The molecule has 1 heterocycles. The average Bonchev–Trinajstić information content (AvgIpc) is 2.46. The largest absolute Gasteiger partial charge is 0.496 e. The van der Waals surface area contributed by atoms with Crippen LogP contribution in [0.25, 0.3) is 0 Å². The van der Waals surface area contributed by atoms with Crippen LogP contribution in [-0.2, 0) is 6.42 Å². The van der Waals surface area contributed by atoms with Crippen LogP contribution in [0.15, 0.2) is 48.5 Å². The second-order valence-corrected chi connectivity index (χ2v) is 5.78. The van der Waals surface area contributed by atoms with Crippen LogP contribution in [0.2, 0.25) is 0 Å². The van der Waals surface area contributed by atoms with Gasteiger partial charge in [0.15, 0.2) is 0 Å². The van der Waals surface area contributed by atoms with Crippen molar-refractivity contribution in [1.29, 1.82) is 0 Å². The quantitative estimate of drug-likeness (QED) is 0.775. The van der Waals surface area contributed by atoms with Gasteiger partial charge in [0, 0.05) is 5.56 Å². The van der Waals surface area contributed by atoms with Crippen molar-refractivity contribution in [2.75, 3.05) is 7.11 Å². The Balaban J connectivity index is 1.98. The summed E-state index contributed by atoms with van der Waals surface area (Å²) >= 11 is 3.74. The van der Waals surface area contributed by atoms with E-state index in [2.05, 4.69) is 28.1 Å². The Bertz CT molecular complexity index is 582. The third kappa shape index (κ3) is 2.35. The summed E-state index contributed by atoms with van der Waals surface area (Å²) in [5.74, 6) is 1.84. The maximum Gasteiger partial charge on any atom is 0.140 e. The summed E-state index contributed by atoms with van der Waals surface area (Å²) in [7, 11) is 1.69. The van der Waals surface area contributed by atoms with Crippen LogP contribution in [0.1, 0.15) is 17.2 Å². The molecule has 1 aliphatic rings. The molecule has 19 heavy (non-hydrogen) atoms. The summed E-state index contributed by atoms with van der Waals surface area (Å²) in [6, 6.07) is 16.2. The highest BCUT2D eigenvalue weighted by atomic mass is 79.9. The molecule has 98 valence electrons. The van der Waals surface area contributed by atoms with Crippen molar-refractivity contribution in [3.05, 3.63) is 59.7 Å². The van der Waals surface area contributed by atoms with E-state index in [9.17, 15) is 0 Å². The molecule has 2 aromatic carbocycles. The molecule has 2 aromatic rings. The number of halogens is 1. The van der Waals surface area contributed by atoms with Crippen molar-refractivity contribution < 1.29 is 9.47 Å². The number of para-hydroxylation sites is 2. The summed E-state index contributed by atoms with van der Waals surface area (Å²) in [6.45, 7) is 0. The van der Waals surface area contributed by atoms with Crippen molar-refractivity contribution in [2.45, 2.75) is 17.4 Å². The van der Waals surface area contributed by atoms with Crippen LogP contribution in [-0.4, -0.2) is 11.9 Å². The van der Waals surface area contributed by atoms with Gasteiger partial charge in [-0.05, 0) is 24.1 Å². The minimum Gasteiger partial charge on any atom is -0.496 e. The Labute approximate surface area is 121 Å². The van der Waals surface area contributed by atoms with Crippen LogP contribution < -0.4 is 9.47 Å². The van der Waals surface area contributed by atoms with E-state index in [1.807, 2.05) is 36.4 Å². The van der Waals surface area contributed by atoms with Gasteiger partial charge in [0.1, 0.15) is 17.6 Å². The summed E-state index contributed by atoms with van der Waals surface area (Å²) in [5.41, 5.74) is 2.33. The lowest BCUT2D eigenvalue weighted by Gasteiger charge is -2.31. The van der Waals surface area contributed by atoms with Gasteiger partial charge in [-0.3, -0.25) is 0 Å². The van der Waals surface area contributed by atoms with Gasteiger partial charge in [0.25, 0.3) is 0 Å². The molecule has 0 aromatic heterocycles. The number of hydrogen-bond acceptors (Lipinski definition) is 2. The normalized spacial score (nSPS) is 21.4. The van der Waals surface area contributed by atoms with Crippen molar-refractivity contribution in [3.8, 4) is 11.5 Å². The van der Waals surface area contributed by atoms with Crippen LogP contribution in [0.3, 0.4) is 0 Å². The Hall–Kier alpha value is -1.48. The minimum atomic E-state index is -0.0222. The standard InChI is InChI=1S/C16H15BrO2/c1-18-15-9-5-3-7-12(15)16-13(17)10-11-6-2-4-8-14(11)19-16/h2-9,13,16H,10H2,1H3/t13-,16-/m0/s1. The number of alkyl halides is 1. The predicted octanol–water partition coefficient (Wildman–Crippen LogP) is 4.13. The lowest BCUT2D eigenvalue weighted by atomic mass is 9.97. The molecule has 0 fully saturated rings. The molecule has 0 N–H and O–H groups in total. The molecule has 2 nitrogen and oxygen atoms in total. The molecule has 3 rings (SSSR count). The van der Waals surface area contributed by atoms with Crippen LogP contribution in [0.5, 0.6) is 11.5 Å². The summed E-state index contributed by atoms with van der Waals surface area (Å²) in [6.07, 6.45) is 0.935. The highest BCUT2D eigenvalue weighted by Gasteiger charge is 2.31. The van der Waals surface area contributed by atoms with Crippen molar-refractivity contribution in [2.24, 2.45) is 0 Å². The van der Waals surface area contributed by atoms with Crippen LogP contribution in [0, 0.1) is 0 Å². The van der Waals surface area contributed by atoms with Gasteiger partial charge in [-0.25, -0.2) is 0 Å². The first-order chi connectivity index (χ1) is 9.29. The van der Waals surface area contributed by atoms with Crippen molar-refractivity contribution in [1.82, 2.24) is 0 Å². The van der Waals surface area contributed by atoms with Crippen molar-refractivity contribution >= 4 is 15.9 Å². The first kappa shape index (κ1) is 12.5. The molecule has 2 atom stereocenters. The first-order valence-electron chi connectivity index (χ1n) is 6.31. The van der Waals surface area contributed by atoms with E-state index in [4.69, 9.17) is 9.47 Å². The fraction of sp³-hybridized carbons (Fsp3) is 0.250. The molecule has 0 saturated heterocycles. The molecule has 3 heteroatoms. The number of fused-ring (bicyclic) bond motifs is 1. The third-order valence-corrected chi connectivity index (χ3v) is 4.22. The smallest absolute Gasteiger partial charge is 0.140 e. The van der Waals surface area contributed by atoms with E-state index < -0.39 is 0 Å². The summed E-state index contributed by atoms with van der Waals surface area (Å²) < 4.78 is 11.6. The lowest BCUT2D eigenvalue weighted by Crippen LogP contribution is -2.26. The van der Waals surface area contributed by atoms with Gasteiger partial charge in [0.05, 0.1) is 11.9 Å². The number of ether oxygens (including phenoxy) is 2. The molecule has 0 unspecified atom stereocenters. The zero-order chi connectivity index (χ0) is 13.2. The van der Waals surface area contributed by atoms with E-state index >= 15 is 0 Å². The van der Waals surface area contributed by atoms with E-state index in [1.54, 1.807) is 7.11 Å². The van der Waals surface area contributed by atoms with Crippen LogP contribution in [0.4, 0.5) is 0 Å². The molecule has 0 spiro atoms. The second-order valence-electron chi connectivity index (χ2n) is 4.61. The maximum absolute atomic E-state index is 6.15. The fourth-order valence-electron chi connectivity index (χ4n) is 2.47. The number of rotatable bonds is 2. The molecule has 0 bridgehead atoms. The Kier molecular flexibility index (Phi) is 3.47. The lowest BCUT2D eigenvalue weighted by molar-refractivity contribution is 0.181. The van der Waals surface area contributed by atoms with Gasteiger partial charge in [-0.15, -0.1) is 0 Å². The van der Waals surface area contributed by atoms with Gasteiger partial charge in [-0.2, -0.15) is 0 Å². The highest BCUT2D eigenvalue weighted by molar-refractivity contribution is 9.09. The Morgan fingerprint density at radius 2 is 1.84 bits per heavy atom. The topological polar surface area (TPSA) is 18.5 Å². The Morgan fingerprint density at radius 3 is 2.68 bits per heavy atom. The molecule has 0 radical (unpaired) electrons. The highest BCUT2D eigenvalue weighted by Crippen LogP contribution is 2.40. The monoisotopic (exact) mass is 318 g/mol. The van der Waals surface area contributed by atoms with Gasteiger partial charge >= 0.3 is 0 Å². The zero-order valence-electron chi connectivity index (χ0n) is 10.7. The van der Waals surface area contributed by atoms with E-state index in [-0.39, 0.29) is 10.9 Å². The summed E-state index contributed by atoms with van der Waals surface area (Å²) in [4.78, 5) is 0.249.